The Kier molecular flexibility index (Phi) is 7.22. The maximum Gasteiger partial charge on any atom is 0.222 e. The van der Waals surface area contributed by atoms with E-state index in [1.54, 1.807) is 0 Å². The Balaban J connectivity index is 1.16. The molecule has 0 saturated carbocycles. The minimum atomic E-state index is 0.213. The second kappa shape index (κ2) is 10.5. The van der Waals surface area contributed by atoms with Crippen molar-refractivity contribution in [2.24, 2.45) is 0 Å². The zero-order valence-electron chi connectivity index (χ0n) is 17.5. The Hall–Kier alpha value is -2.83. The Bertz CT molecular complexity index is 967. The molecule has 1 aliphatic heterocycles. The van der Waals surface area contributed by atoms with Crippen LogP contribution in [0.3, 0.4) is 0 Å². The molecule has 0 atom stereocenters. The molecule has 1 fully saturated rings. The van der Waals surface area contributed by atoms with E-state index in [1.807, 2.05) is 76.6 Å². The number of halogens is 1. The summed E-state index contributed by atoms with van der Waals surface area (Å²) < 4.78 is 7.62. The molecule has 0 aliphatic carbocycles. The van der Waals surface area contributed by atoms with Gasteiger partial charge in [-0.1, -0.05) is 29.8 Å². The summed E-state index contributed by atoms with van der Waals surface area (Å²) in [4.78, 5) is 16.9. The number of aromatic nitrogens is 2. The lowest BCUT2D eigenvalue weighted by Gasteiger charge is -2.34. The van der Waals surface area contributed by atoms with Crippen molar-refractivity contribution >= 4 is 17.5 Å². The molecule has 31 heavy (non-hydrogen) atoms. The lowest BCUT2D eigenvalue weighted by atomic mass is 10.1. The van der Waals surface area contributed by atoms with Crippen LogP contribution in [0.1, 0.15) is 12.0 Å². The van der Waals surface area contributed by atoms with Crippen LogP contribution < -0.4 is 4.74 Å². The van der Waals surface area contributed by atoms with E-state index in [1.165, 1.54) is 0 Å². The molecule has 1 aromatic heterocycles. The van der Waals surface area contributed by atoms with Gasteiger partial charge in [0.15, 0.2) is 0 Å². The van der Waals surface area contributed by atoms with Gasteiger partial charge in [-0.15, -0.1) is 0 Å². The fraction of sp³-hybridized carbons (Fsp3) is 0.333. The fourth-order valence-electron chi connectivity index (χ4n) is 3.66. The lowest BCUT2D eigenvalue weighted by Crippen LogP contribution is -2.49. The summed E-state index contributed by atoms with van der Waals surface area (Å²) in [6, 6.07) is 17.4. The summed E-state index contributed by atoms with van der Waals surface area (Å²) in [6.07, 6.45) is 5.07. The molecule has 0 N–H and O–H groups in total. The summed E-state index contributed by atoms with van der Waals surface area (Å²) in [7, 11) is 0. The quantitative estimate of drug-likeness (QED) is 0.538. The lowest BCUT2D eigenvalue weighted by molar-refractivity contribution is -0.132. The molecule has 1 saturated heterocycles. The Labute approximate surface area is 188 Å². The van der Waals surface area contributed by atoms with E-state index in [0.717, 1.165) is 49.7 Å². The summed E-state index contributed by atoms with van der Waals surface area (Å²) in [6.45, 7) is 4.76. The molecular weight excluding hydrogens is 412 g/mol. The zero-order valence-corrected chi connectivity index (χ0v) is 18.2. The number of amides is 1. The fourth-order valence-corrected chi connectivity index (χ4v) is 3.79. The van der Waals surface area contributed by atoms with Gasteiger partial charge in [0, 0.05) is 50.4 Å². The molecule has 0 bridgehead atoms. The van der Waals surface area contributed by atoms with E-state index >= 15 is 0 Å². The van der Waals surface area contributed by atoms with Crippen molar-refractivity contribution in [2.75, 3.05) is 39.3 Å². The van der Waals surface area contributed by atoms with E-state index in [9.17, 15) is 4.79 Å². The number of rotatable bonds is 8. The monoisotopic (exact) mass is 438 g/mol. The van der Waals surface area contributed by atoms with E-state index in [4.69, 9.17) is 16.3 Å². The van der Waals surface area contributed by atoms with Crippen molar-refractivity contribution in [1.29, 1.82) is 0 Å². The third kappa shape index (κ3) is 6.09. The van der Waals surface area contributed by atoms with Crippen LogP contribution >= 0.6 is 11.6 Å². The van der Waals surface area contributed by atoms with Crippen molar-refractivity contribution in [1.82, 2.24) is 19.6 Å². The summed E-state index contributed by atoms with van der Waals surface area (Å²) in [5.41, 5.74) is 2.10. The van der Waals surface area contributed by atoms with Crippen molar-refractivity contribution in [3.05, 3.63) is 77.6 Å². The zero-order chi connectivity index (χ0) is 21.5. The number of para-hydroxylation sites is 1. The predicted molar refractivity (Wildman–Crippen MR) is 122 cm³/mol. The van der Waals surface area contributed by atoms with E-state index in [-0.39, 0.29) is 5.91 Å². The third-order valence-corrected chi connectivity index (χ3v) is 5.75. The third-order valence-electron chi connectivity index (χ3n) is 5.50. The Morgan fingerprint density at radius 2 is 1.74 bits per heavy atom. The van der Waals surface area contributed by atoms with Gasteiger partial charge in [0.05, 0.1) is 11.9 Å². The molecule has 1 aliphatic rings. The minimum absolute atomic E-state index is 0.213. The summed E-state index contributed by atoms with van der Waals surface area (Å²) in [5, 5.41) is 5.11. The smallest absolute Gasteiger partial charge is 0.222 e. The minimum Gasteiger partial charge on any atom is -0.492 e. The average Bonchev–Trinajstić information content (AvgIpc) is 3.29. The van der Waals surface area contributed by atoms with Crippen LogP contribution in [0.2, 0.25) is 5.02 Å². The molecular formula is C24H27ClN4O2. The number of carbonyl (C=O) groups excluding carboxylic acids is 1. The van der Waals surface area contributed by atoms with Gasteiger partial charge in [0.25, 0.3) is 0 Å². The highest BCUT2D eigenvalue weighted by molar-refractivity contribution is 6.30. The average molecular weight is 439 g/mol. The van der Waals surface area contributed by atoms with Crippen LogP contribution in [0.5, 0.6) is 5.75 Å². The SMILES string of the molecule is O=C(CCc1cnn(-c2ccccc2)c1)N1CCN(CCOc2ccc(Cl)cc2)CC1. The molecule has 0 spiro atoms. The van der Waals surface area contributed by atoms with Gasteiger partial charge in [0.1, 0.15) is 12.4 Å². The second-order valence-electron chi connectivity index (χ2n) is 7.65. The number of piperazine rings is 1. The highest BCUT2D eigenvalue weighted by atomic mass is 35.5. The number of carbonyl (C=O) groups is 1. The number of ether oxygens (including phenoxy) is 1. The number of hydrogen-bond acceptors (Lipinski definition) is 4. The van der Waals surface area contributed by atoms with Crippen LogP contribution in [-0.4, -0.2) is 64.8 Å². The van der Waals surface area contributed by atoms with Gasteiger partial charge < -0.3 is 9.64 Å². The van der Waals surface area contributed by atoms with Crippen molar-refractivity contribution in [3.8, 4) is 11.4 Å². The maximum atomic E-state index is 12.6. The van der Waals surface area contributed by atoms with Crippen molar-refractivity contribution in [3.63, 3.8) is 0 Å². The number of aryl methyl sites for hydroxylation is 1. The van der Waals surface area contributed by atoms with Gasteiger partial charge in [-0.25, -0.2) is 4.68 Å². The maximum absolute atomic E-state index is 12.6. The first-order valence-corrected chi connectivity index (χ1v) is 11.0. The molecule has 4 rings (SSSR count). The largest absolute Gasteiger partial charge is 0.492 e. The van der Waals surface area contributed by atoms with Crippen LogP contribution in [0.4, 0.5) is 0 Å². The van der Waals surface area contributed by atoms with Gasteiger partial charge in [-0.05, 0) is 48.4 Å². The van der Waals surface area contributed by atoms with Crippen LogP contribution in [0.25, 0.3) is 5.69 Å². The molecule has 1 amide bonds. The van der Waals surface area contributed by atoms with Gasteiger partial charge in [0.2, 0.25) is 5.91 Å². The van der Waals surface area contributed by atoms with Crippen LogP contribution in [0.15, 0.2) is 67.0 Å². The highest BCUT2D eigenvalue weighted by Gasteiger charge is 2.20. The van der Waals surface area contributed by atoms with Gasteiger partial charge >= 0.3 is 0 Å². The molecule has 2 aromatic carbocycles. The topological polar surface area (TPSA) is 50.6 Å². The highest BCUT2D eigenvalue weighted by Crippen LogP contribution is 2.16. The van der Waals surface area contributed by atoms with Gasteiger partial charge in [-0.3, -0.25) is 9.69 Å². The molecule has 0 unspecified atom stereocenters. The first-order valence-electron chi connectivity index (χ1n) is 10.6. The normalized spacial score (nSPS) is 14.5. The predicted octanol–water partition coefficient (Wildman–Crippen LogP) is 3.68. The number of nitrogens with zero attached hydrogens (tertiary/aromatic N) is 4. The number of hydrogen-bond donors (Lipinski definition) is 0. The Morgan fingerprint density at radius 1 is 1.00 bits per heavy atom. The van der Waals surface area contributed by atoms with Crippen molar-refractivity contribution in [2.45, 2.75) is 12.8 Å². The first-order chi connectivity index (χ1) is 15.2. The molecule has 7 heteroatoms. The molecule has 0 radical (unpaired) electrons. The van der Waals surface area contributed by atoms with Crippen LogP contribution in [-0.2, 0) is 11.2 Å². The second-order valence-corrected chi connectivity index (χ2v) is 8.09. The van der Waals surface area contributed by atoms with E-state index in [2.05, 4.69) is 10.00 Å². The summed E-state index contributed by atoms with van der Waals surface area (Å²) in [5.74, 6) is 1.04. The van der Waals surface area contributed by atoms with Crippen LogP contribution in [0, 0.1) is 0 Å². The molecule has 6 nitrogen and oxygen atoms in total. The van der Waals surface area contributed by atoms with E-state index < -0.39 is 0 Å². The van der Waals surface area contributed by atoms with Gasteiger partial charge in [-0.2, -0.15) is 5.10 Å². The number of benzene rings is 2. The summed E-state index contributed by atoms with van der Waals surface area (Å²) >= 11 is 5.89. The Morgan fingerprint density at radius 3 is 2.48 bits per heavy atom. The van der Waals surface area contributed by atoms with Crippen molar-refractivity contribution < 1.29 is 9.53 Å². The molecule has 3 aromatic rings. The molecule has 162 valence electrons. The standard InChI is InChI=1S/C24H27ClN4O2/c25-21-7-9-23(10-8-21)31-17-16-27-12-14-28(15-13-27)24(30)11-6-20-18-26-29(19-20)22-4-2-1-3-5-22/h1-5,7-10,18-19H,6,11-17H2. The molecule has 2 heterocycles. The van der Waals surface area contributed by atoms with E-state index in [0.29, 0.717) is 24.5 Å². The first kappa shape index (κ1) is 21.4.